The second kappa shape index (κ2) is 15.5. The van der Waals surface area contributed by atoms with E-state index in [2.05, 4.69) is 0 Å². The molecule has 0 saturated heterocycles. The number of carbonyl (C=O) groups is 2. The van der Waals surface area contributed by atoms with Crippen LogP contribution in [0.5, 0.6) is 0 Å². The zero-order chi connectivity index (χ0) is 32.7. The minimum absolute atomic E-state index is 0. The Bertz CT molecular complexity index is 1490. The smallest absolute Gasteiger partial charge is 0.871 e. The first-order chi connectivity index (χ1) is 19.2. The molecule has 0 amide bonds. The number of hydrogen-bond donors (Lipinski definition) is 0. The number of nitrogens with zero attached hydrogens (tertiary/aromatic N) is 4. The zero-order valence-electron chi connectivity index (χ0n) is 24.0. The van der Waals surface area contributed by atoms with Crippen LogP contribution in [0.3, 0.4) is 0 Å². The average molecular weight is 640 g/mol. The van der Waals surface area contributed by atoms with Crippen molar-refractivity contribution in [1.82, 2.24) is 0 Å². The number of nitriles is 2. The van der Waals surface area contributed by atoms with E-state index < -0.39 is 66.3 Å². The predicted molar refractivity (Wildman–Crippen MR) is 156 cm³/mol. The molecule has 2 rings (SSSR count). The quantitative estimate of drug-likeness (QED) is 0.107. The van der Waals surface area contributed by atoms with Gasteiger partial charge in [0.1, 0.15) is 12.1 Å². The molecule has 0 fully saturated rings. The number of nitro groups is 2. The summed E-state index contributed by atoms with van der Waals surface area (Å²) in [5.74, 6) is -3.28. The van der Waals surface area contributed by atoms with Gasteiger partial charge in [-0.1, -0.05) is 76.3 Å². The van der Waals surface area contributed by atoms with Crippen molar-refractivity contribution >= 4 is 80.7 Å². The van der Waals surface area contributed by atoms with Gasteiger partial charge in [0.05, 0.1) is 21.0 Å². The largest absolute Gasteiger partial charge is 2.00 e. The molecule has 15 heteroatoms. The molecular weight excluding hydrogens is 616 g/mol. The van der Waals surface area contributed by atoms with Gasteiger partial charge < -0.3 is 10.2 Å². The first-order valence-corrected chi connectivity index (χ1v) is 12.6. The van der Waals surface area contributed by atoms with Crippen molar-refractivity contribution in [3.05, 3.63) is 88.9 Å². The number of carbonyl (C=O) groups excluding carboxylic acids is 2. The first kappa shape index (κ1) is 39.0. The maximum Gasteiger partial charge on any atom is 2.00 e. The van der Waals surface area contributed by atoms with Gasteiger partial charge >= 0.3 is 23.1 Å². The van der Waals surface area contributed by atoms with Crippen molar-refractivity contribution in [2.45, 2.75) is 41.5 Å². The molecule has 0 aliphatic heterocycles. The van der Waals surface area contributed by atoms with Gasteiger partial charge in [0.25, 0.3) is 11.4 Å². The number of rotatable bonds is 6. The second-order valence-electron chi connectivity index (χ2n) is 10.6. The van der Waals surface area contributed by atoms with E-state index in [4.69, 9.17) is 33.7 Å². The number of nitro benzene ring substituents is 2. The number of Topliss-reactive ketones (excluding diaryl/α,β-unsaturated/α-hetero) is 2. The van der Waals surface area contributed by atoms with Gasteiger partial charge in [-0.2, -0.15) is 10.5 Å². The number of allylic oxidation sites excluding steroid dienone is 2. The van der Waals surface area contributed by atoms with E-state index in [0.29, 0.717) is 0 Å². The van der Waals surface area contributed by atoms with E-state index in [1.807, 2.05) is 0 Å². The van der Waals surface area contributed by atoms with Gasteiger partial charge in [-0.05, 0) is 24.3 Å². The molecule has 12 nitrogen and oxygen atoms in total. The molecule has 0 bridgehead atoms. The van der Waals surface area contributed by atoms with Crippen molar-refractivity contribution < 1.29 is 29.6 Å². The molecule has 0 aliphatic rings. The third-order valence-electron chi connectivity index (χ3n) is 5.30. The van der Waals surface area contributed by atoms with E-state index in [1.165, 1.54) is 12.1 Å². The molecule has 220 valence electrons. The molecule has 0 spiro atoms. The summed E-state index contributed by atoms with van der Waals surface area (Å²) < 4.78 is 0. The van der Waals surface area contributed by atoms with Crippen molar-refractivity contribution in [2.24, 2.45) is 10.8 Å². The van der Waals surface area contributed by atoms with Crippen LogP contribution in [0, 0.1) is 53.7 Å². The van der Waals surface area contributed by atoms with Crippen LogP contribution < -0.4 is 10.2 Å². The Kier molecular flexibility index (Phi) is 14.0. The third kappa shape index (κ3) is 10.0. The molecule has 0 atom stereocenters. The van der Waals surface area contributed by atoms with Crippen LogP contribution in [0.25, 0.3) is 11.5 Å². The van der Waals surface area contributed by atoms with Crippen molar-refractivity contribution in [1.29, 1.82) is 10.5 Å². The minimum Gasteiger partial charge on any atom is -0.871 e. The van der Waals surface area contributed by atoms with Gasteiger partial charge in [-0.3, -0.25) is 29.8 Å². The summed E-state index contributed by atoms with van der Waals surface area (Å²) in [6, 6.07) is 9.96. The Hall–Kier alpha value is -4.01. The Balaban J connectivity index is 0.000000802. The summed E-state index contributed by atoms with van der Waals surface area (Å²) in [5, 5.41) is 64.8. The van der Waals surface area contributed by atoms with Crippen LogP contribution in [-0.2, 0) is 9.59 Å². The summed E-state index contributed by atoms with van der Waals surface area (Å²) in [6.45, 7) is 9.31. The van der Waals surface area contributed by atoms with Gasteiger partial charge in [0.2, 0.25) is 0 Å². The molecule has 0 aliphatic carbocycles. The van der Waals surface area contributed by atoms with Crippen LogP contribution in [0.1, 0.15) is 52.7 Å². The van der Waals surface area contributed by atoms with Crippen LogP contribution in [0.15, 0.2) is 47.5 Å². The Morgan fingerprint density at radius 1 is 0.698 bits per heavy atom. The maximum atomic E-state index is 12.3. The molecular formula is C28H24Cl2MgN4O8. The molecule has 0 heterocycles. The monoisotopic (exact) mass is 638 g/mol. The fraction of sp³-hybridized carbons (Fsp3) is 0.286. The number of benzene rings is 2. The standard InChI is InChI=1S/2C14H13ClN2O4.Mg/c2*1-14(2,3)13(19)10(7-16)12(18)9-5-4-8(15)6-11(9)17(20)21;/h2*4-6,18H,1-3H3;/q;;+2/p-2. The average Bonchev–Trinajstić information content (AvgIpc) is 2.88. The zero-order valence-corrected chi connectivity index (χ0v) is 26.9. The SMILES string of the molecule is CC(C)(C)C(=O)C(C#N)=C([O-])c1ccc(Cl)cc1[N+](=O)[O-].CC(C)(C)C(=O)C(C#N)=C([O-])c1ccc(Cl)cc1[N+](=O)[O-].[Mg+2]. The molecule has 2 aromatic rings. The molecule has 0 aromatic heterocycles. The van der Waals surface area contributed by atoms with Crippen molar-refractivity contribution in [2.75, 3.05) is 0 Å². The van der Waals surface area contributed by atoms with E-state index in [0.717, 1.165) is 24.3 Å². The Labute approximate surface area is 273 Å². The minimum atomic E-state index is -0.971. The Morgan fingerprint density at radius 3 is 1.19 bits per heavy atom. The molecule has 43 heavy (non-hydrogen) atoms. The van der Waals surface area contributed by atoms with Crippen molar-refractivity contribution in [3.63, 3.8) is 0 Å². The van der Waals surface area contributed by atoms with Crippen LogP contribution in [-0.4, -0.2) is 44.5 Å². The van der Waals surface area contributed by atoms with Gasteiger partial charge in [-0.15, -0.1) is 0 Å². The van der Waals surface area contributed by atoms with E-state index in [-0.39, 0.29) is 44.2 Å². The van der Waals surface area contributed by atoms with E-state index in [9.17, 15) is 40.0 Å². The van der Waals surface area contributed by atoms with E-state index >= 15 is 0 Å². The van der Waals surface area contributed by atoms with Gasteiger partial charge in [0.15, 0.2) is 11.6 Å². The van der Waals surface area contributed by atoms with Crippen LogP contribution in [0.4, 0.5) is 11.4 Å². The molecule has 0 radical (unpaired) electrons. The molecule has 0 N–H and O–H groups in total. The predicted octanol–water partition coefficient (Wildman–Crippen LogP) is 4.54. The molecule has 0 unspecified atom stereocenters. The van der Waals surface area contributed by atoms with Crippen molar-refractivity contribution in [3.8, 4) is 12.1 Å². The summed E-state index contributed by atoms with van der Waals surface area (Å²) >= 11 is 11.3. The topological polar surface area (TPSA) is 214 Å². The normalized spacial score (nSPS) is 12.0. The fourth-order valence-electron chi connectivity index (χ4n) is 3.12. The summed E-state index contributed by atoms with van der Waals surface area (Å²) in [6.07, 6.45) is 0. The second-order valence-corrected chi connectivity index (χ2v) is 11.5. The summed E-state index contributed by atoms with van der Waals surface area (Å²) in [5.41, 5.74) is -4.90. The van der Waals surface area contributed by atoms with Crippen LogP contribution >= 0.6 is 23.2 Å². The molecule has 2 aromatic carbocycles. The van der Waals surface area contributed by atoms with E-state index in [1.54, 1.807) is 53.7 Å². The Morgan fingerprint density at radius 2 is 0.977 bits per heavy atom. The number of ketones is 2. The first-order valence-electron chi connectivity index (χ1n) is 11.8. The summed E-state index contributed by atoms with van der Waals surface area (Å²) in [4.78, 5) is 44.5. The van der Waals surface area contributed by atoms with Gasteiger partial charge in [0, 0.05) is 44.1 Å². The third-order valence-corrected chi connectivity index (χ3v) is 5.77. The number of halogens is 2. The fourth-order valence-corrected chi connectivity index (χ4v) is 3.46. The maximum absolute atomic E-state index is 12.3. The van der Waals surface area contributed by atoms with Gasteiger partial charge in [-0.25, -0.2) is 0 Å². The van der Waals surface area contributed by atoms with Crippen LogP contribution in [0.2, 0.25) is 10.0 Å². The summed E-state index contributed by atoms with van der Waals surface area (Å²) in [7, 11) is 0. The molecule has 0 saturated carbocycles. The number of hydrogen-bond acceptors (Lipinski definition) is 10.